The van der Waals surface area contributed by atoms with Gasteiger partial charge in [0.2, 0.25) is 5.91 Å². The fourth-order valence-electron chi connectivity index (χ4n) is 4.65. The van der Waals surface area contributed by atoms with E-state index in [9.17, 15) is 9.59 Å². The van der Waals surface area contributed by atoms with Gasteiger partial charge in [0, 0.05) is 23.8 Å². The molecule has 0 radical (unpaired) electrons. The number of carbonyl (C=O) groups is 2. The van der Waals surface area contributed by atoms with Crippen molar-refractivity contribution < 1.29 is 14.3 Å². The molecule has 156 valence electrons. The Morgan fingerprint density at radius 1 is 1.20 bits per heavy atom. The molecule has 2 amide bonds. The number of benzene rings is 2. The van der Waals surface area contributed by atoms with Crippen LogP contribution in [0.1, 0.15) is 36.0 Å². The van der Waals surface area contributed by atoms with E-state index in [0.717, 1.165) is 41.8 Å². The minimum absolute atomic E-state index is 0.0125. The molecule has 1 aliphatic carbocycles. The van der Waals surface area contributed by atoms with Crippen LogP contribution in [0.3, 0.4) is 0 Å². The van der Waals surface area contributed by atoms with E-state index in [1.807, 2.05) is 28.0 Å². The van der Waals surface area contributed by atoms with Crippen molar-refractivity contribution >= 4 is 29.3 Å². The number of anilines is 1. The summed E-state index contributed by atoms with van der Waals surface area (Å²) in [5.74, 6) is 1.65. The van der Waals surface area contributed by atoms with Crippen molar-refractivity contribution in [3.8, 4) is 5.75 Å². The van der Waals surface area contributed by atoms with Gasteiger partial charge in [-0.25, -0.2) is 0 Å². The van der Waals surface area contributed by atoms with Crippen LogP contribution in [0.2, 0.25) is 0 Å². The number of rotatable bonds is 4. The minimum Gasteiger partial charge on any atom is -0.497 e. The third kappa shape index (κ3) is 2.84. The lowest BCUT2D eigenvalue weighted by Gasteiger charge is -2.37. The van der Waals surface area contributed by atoms with Crippen LogP contribution in [0.5, 0.6) is 5.75 Å². The van der Waals surface area contributed by atoms with Gasteiger partial charge in [0.25, 0.3) is 5.91 Å². The highest BCUT2D eigenvalue weighted by Gasteiger charge is 2.60. The van der Waals surface area contributed by atoms with Crippen molar-refractivity contribution in [2.75, 3.05) is 24.3 Å². The summed E-state index contributed by atoms with van der Waals surface area (Å²) in [6.45, 7) is 3.16. The number of hydrogen-bond acceptors (Lipinski definition) is 4. The monoisotopic (exact) mass is 422 g/mol. The zero-order valence-corrected chi connectivity index (χ0v) is 18.2. The molecular formula is C24H26N2O3S. The maximum absolute atomic E-state index is 14.0. The summed E-state index contributed by atoms with van der Waals surface area (Å²) in [4.78, 5) is 30.0. The van der Waals surface area contributed by atoms with Crippen LogP contribution in [-0.2, 0) is 21.0 Å². The fraction of sp³-hybridized carbons (Fsp3) is 0.417. The molecule has 2 heterocycles. The number of amides is 2. The topological polar surface area (TPSA) is 49.9 Å². The quantitative estimate of drug-likeness (QED) is 0.745. The first-order valence-corrected chi connectivity index (χ1v) is 11.5. The third-order valence-corrected chi connectivity index (χ3v) is 8.00. The van der Waals surface area contributed by atoms with Gasteiger partial charge in [-0.05, 0) is 43.5 Å². The van der Waals surface area contributed by atoms with Crippen LogP contribution >= 0.6 is 11.8 Å². The average Bonchev–Trinajstić information content (AvgIpc) is 3.25. The Morgan fingerprint density at radius 3 is 2.63 bits per heavy atom. The third-order valence-electron chi connectivity index (χ3n) is 6.58. The molecular weight excluding hydrogens is 396 g/mol. The highest BCUT2D eigenvalue weighted by atomic mass is 32.2. The smallest absolute Gasteiger partial charge is 0.268 e. The van der Waals surface area contributed by atoms with Crippen LogP contribution in [0.25, 0.3) is 0 Å². The van der Waals surface area contributed by atoms with Gasteiger partial charge in [0.05, 0.1) is 19.3 Å². The Labute approximate surface area is 181 Å². The molecule has 1 atom stereocenters. The molecule has 2 aromatic rings. The number of methoxy groups -OCH3 is 1. The van der Waals surface area contributed by atoms with Crippen molar-refractivity contribution in [2.45, 2.75) is 37.6 Å². The van der Waals surface area contributed by atoms with E-state index in [0.29, 0.717) is 18.8 Å². The molecule has 2 aromatic carbocycles. The molecule has 0 bridgehead atoms. The Kier molecular flexibility index (Phi) is 4.77. The lowest BCUT2D eigenvalue weighted by atomic mass is 9.84. The summed E-state index contributed by atoms with van der Waals surface area (Å²) < 4.78 is 5.48. The molecule has 30 heavy (non-hydrogen) atoms. The van der Waals surface area contributed by atoms with Gasteiger partial charge in [0.1, 0.15) is 5.75 Å². The van der Waals surface area contributed by atoms with Gasteiger partial charge in [-0.2, -0.15) is 0 Å². The van der Waals surface area contributed by atoms with E-state index in [2.05, 4.69) is 31.2 Å². The predicted molar refractivity (Wildman–Crippen MR) is 119 cm³/mol. The number of carbonyl (C=O) groups excluding carboxylic acids is 2. The van der Waals surface area contributed by atoms with Gasteiger partial charge in [0.15, 0.2) is 4.87 Å². The van der Waals surface area contributed by atoms with E-state index in [1.165, 1.54) is 5.56 Å². The minimum atomic E-state index is -0.971. The standard InChI is InChI=1S/C24H26N2O3S/c1-16-6-8-17(9-7-16)15-25-21-11-10-19(29-2)14-20(21)24(23(25)28)26(12-13-30-24)22(27)18-4-3-5-18/h6-11,14,18H,3-5,12-13,15H2,1-2H3/t24-/m0/s1. The molecule has 6 heteroatoms. The summed E-state index contributed by atoms with van der Waals surface area (Å²) >= 11 is 1.59. The first-order valence-electron chi connectivity index (χ1n) is 10.6. The van der Waals surface area contributed by atoms with E-state index >= 15 is 0 Å². The molecule has 1 saturated heterocycles. The van der Waals surface area contributed by atoms with Crippen LogP contribution in [0.15, 0.2) is 42.5 Å². The van der Waals surface area contributed by atoms with Crippen LogP contribution in [-0.4, -0.2) is 36.1 Å². The maximum Gasteiger partial charge on any atom is 0.268 e. The maximum atomic E-state index is 14.0. The number of hydrogen-bond donors (Lipinski definition) is 0. The van der Waals surface area contributed by atoms with E-state index in [4.69, 9.17) is 4.74 Å². The Balaban J connectivity index is 1.58. The molecule has 1 spiro atoms. The van der Waals surface area contributed by atoms with Gasteiger partial charge in [-0.15, -0.1) is 11.8 Å². The van der Waals surface area contributed by atoms with E-state index in [1.54, 1.807) is 18.9 Å². The van der Waals surface area contributed by atoms with Gasteiger partial charge in [-0.3, -0.25) is 9.59 Å². The molecule has 2 aliphatic heterocycles. The molecule has 2 fully saturated rings. The molecule has 5 rings (SSSR count). The Bertz CT molecular complexity index is 1000. The number of ether oxygens (including phenoxy) is 1. The first-order chi connectivity index (χ1) is 14.5. The second-order valence-corrected chi connectivity index (χ2v) is 9.66. The molecule has 0 unspecified atom stereocenters. The summed E-state index contributed by atoms with van der Waals surface area (Å²) in [6.07, 6.45) is 2.97. The second kappa shape index (κ2) is 7.34. The summed E-state index contributed by atoms with van der Waals surface area (Å²) in [7, 11) is 1.63. The molecule has 1 saturated carbocycles. The molecule has 0 aromatic heterocycles. The largest absolute Gasteiger partial charge is 0.497 e. The van der Waals surface area contributed by atoms with Gasteiger partial charge < -0.3 is 14.5 Å². The normalized spacial score (nSPS) is 23.1. The van der Waals surface area contributed by atoms with Crippen molar-refractivity contribution in [2.24, 2.45) is 5.92 Å². The molecule has 3 aliphatic rings. The van der Waals surface area contributed by atoms with E-state index in [-0.39, 0.29) is 17.7 Å². The zero-order valence-electron chi connectivity index (χ0n) is 17.4. The number of thioether (sulfide) groups is 1. The van der Waals surface area contributed by atoms with Gasteiger partial charge in [-0.1, -0.05) is 36.2 Å². The van der Waals surface area contributed by atoms with Crippen molar-refractivity contribution in [3.05, 3.63) is 59.2 Å². The fourth-order valence-corrected chi connectivity index (χ4v) is 6.11. The molecule has 5 nitrogen and oxygen atoms in total. The number of fused-ring (bicyclic) bond motifs is 2. The van der Waals surface area contributed by atoms with Crippen LogP contribution in [0.4, 0.5) is 5.69 Å². The summed E-state index contributed by atoms with van der Waals surface area (Å²) in [6, 6.07) is 14.1. The zero-order chi connectivity index (χ0) is 20.9. The molecule has 0 N–H and O–H groups in total. The summed E-state index contributed by atoms with van der Waals surface area (Å²) in [5, 5.41) is 0. The highest BCUT2D eigenvalue weighted by Crippen LogP contribution is 2.56. The lowest BCUT2D eigenvalue weighted by molar-refractivity contribution is -0.145. The Morgan fingerprint density at radius 2 is 1.97 bits per heavy atom. The SMILES string of the molecule is COc1ccc2c(c1)[C@]1(SCCN1C(=O)C1CCC1)C(=O)N2Cc1ccc(C)cc1. The van der Waals surface area contributed by atoms with Crippen molar-refractivity contribution in [1.29, 1.82) is 0 Å². The lowest BCUT2D eigenvalue weighted by Crippen LogP contribution is -2.52. The first kappa shape index (κ1) is 19.5. The van der Waals surface area contributed by atoms with Crippen LogP contribution < -0.4 is 9.64 Å². The van der Waals surface area contributed by atoms with Crippen molar-refractivity contribution in [3.63, 3.8) is 0 Å². The predicted octanol–water partition coefficient (Wildman–Crippen LogP) is 4.08. The van der Waals surface area contributed by atoms with Crippen LogP contribution in [0, 0.1) is 12.8 Å². The number of aryl methyl sites for hydroxylation is 1. The number of nitrogens with zero attached hydrogens (tertiary/aromatic N) is 2. The average molecular weight is 423 g/mol. The van der Waals surface area contributed by atoms with Crippen molar-refractivity contribution in [1.82, 2.24) is 4.90 Å². The van der Waals surface area contributed by atoms with Gasteiger partial charge >= 0.3 is 0 Å². The Hall–Kier alpha value is -2.47. The summed E-state index contributed by atoms with van der Waals surface area (Å²) in [5.41, 5.74) is 4.03. The van der Waals surface area contributed by atoms with E-state index < -0.39 is 4.87 Å². The highest BCUT2D eigenvalue weighted by molar-refractivity contribution is 8.01. The second-order valence-electron chi connectivity index (χ2n) is 8.37.